The maximum atomic E-state index is 3.85. The van der Waals surface area contributed by atoms with Gasteiger partial charge < -0.3 is 5.32 Å². The van der Waals surface area contributed by atoms with E-state index in [1.54, 1.807) is 0 Å². The third-order valence-electron chi connectivity index (χ3n) is 4.53. The quantitative estimate of drug-likeness (QED) is 0.753. The summed E-state index contributed by atoms with van der Waals surface area (Å²) in [5.74, 6) is 4.23. The van der Waals surface area contributed by atoms with Gasteiger partial charge in [-0.25, -0.2) is 0 Å². The SMILES string of the molecule is CC1CC(C)CC(NCC(C(C)C)C(C)C)C1. The molecule has 1 aliphatic rings. The highest BCUT2D eigenvalue weighted by molar-refractivity contribution is 4.81. The lowest BCUT2D eigenvalue weighted by atomic mass is 9.79. The molecule has 1 nitrogen and oxygen atoms in total. The van der Waals surface area contributed by atoms with Crippen LogP contribution in [0.25, 0.3) is 0 Å². The molecule has 0 amide bonds. The van der Waals surface area contributed by atoms with Crippen LogP contribution in [0.3, 0.4) is 0 Å². The Kier molecular flexibility index (Phi) is 5.99. The van der Waals surface area contributed by atoms with Crippen LogP contribution >= 0.6 is 0 Å². The van der Waals surface area contributed by atoms with Crippen LogP contribution in [0.15, 0.2) is 0 Å². The van der Waals surface area contributed by atoms with Gasteiger partial charge in [-0.2, -0.15) is 0 Å². The molecule has 1 heteroatoms. The average molecular weight is 239 g/mol. The van der Waals surface area contributed by atoms with E-state index in [2.05, 4.69) is 46.9 Å². The third kappa shape index (κ3) is 4.99. The van der Waals surface area contributed by atoms with Gasteiger partial charge in [0.25, 0.3) is 0 Å². The van der Waals surface area contributed by atoms with Gasteiger partial charge in [-0.15, -0.1) is 0 Å². The Morgan fingerprint density at radius 2 is 1.35 bits per heavy atom. The van der Waals surface area contributed by atoms with Crippen molar-refractivity contribution in [2.45, 2.75) is 66.8 Å². The molecular formula is C16H33N. The van der Waals surface area contributed by atoms with E-state index < -0.39 is 0 Å². The second kappa shape index (κ2) is 6.78. The fourth-order valence-corrected chi connectivity index (χ4v) is 3.66. The first-order chi connectivity index (χ1) is 7.90. The summed E-state index contributed by atoms with van der Waals surface area (Å²) >= 11 is 0. The first-order valence-corrected chi connectivity index (χ1v) is 7.63. The van der Waals surface area contributed by atoms with Crippen molar-refractivity contribution in [3.8, 4) is 0 Å². The summed E-state index contributed by atoms with van der Waals surface area (Å²) in [4.78, 5) is 0. The van der Waals surface area contributed by atoms with Crippen molar-refractivity contribution in [3.63, 3.8) is 0 Å². The Labute approximate surface area is 109 Å². The molecule has 102 valence electrons. The van der Waals surface area contributed by atoms with Crippen LogP contribution in [0.2, 0.25) is 0 Å². The highest BCUT2D eigenvalue weighted by atomic mass is 14.9. The molecule has 1 fully saturated rings. The van der Waals surface area contributed by atoms with E-state index in [0.29, 0.717) is 0 Å². The predicted molar refractivity (Wildman–Crippen MR) is 77.1 cm³/mol. The molecule has 0 aliphatic heterocycles. The minimum atomic E-state index is 0.772. The van der Waals surface area contributed by atoms with Crippen molar-refractivity contribution in [1.29, 1.82) is 0 Å². The molecule has 17 heavy (non-hydrogen) atoms. The molecule has 0 aromatic heterocycles. The molecule has 0 heterocycles. The van der Waals surface area contributed by atoms with Gasteiger partial charge in [-0.05, 0) is 55.4 Å². The van der Waals surface area contributed by atoms with Crippen LogP contribution < -0.4 is 5.32 Å². The van der Waals surface area contributed by atoms with Crippen molar-refractivity contribution in [2.24, 2.45) is 29.6 Å². The highest BCUT2D eigenvalue weighted by Crippen LogP contribution is 2.29. The normalized spacial score (nSPS) is 30.5. The predicted octanol–water partition coefficient (Wildman–Crippen LogP) is 4.33. The molecule has 0 aromatic carbocycles. The maximum Gasteiger partial charge on any atom is 0.00722 e. The third-order valence-corrected chi connectivity index (χ3v) is 4.53. The van der Waals surface area contributed by atoms with Gasteiger partial charge in [-0.3, -0.25) is 0 Å². The number of hydrogen-bond acceptors (Lipinski definition) is 1. The monoisotopic (exact) mass is 239 g/mol. The molecular weight excluding hydrogens is 206 g/mol. The van der Waals surface area contributed by atoms with Gasteiger partial charge >= 0.3 is 0 Å². The molecule has 0 bridgehead atoms. The molecule has 2 unspecified atom stereocenters. The first kappa shape index (κ1) is 15.0. The van der Waals surface area contributed by atoms with E-state index in [4.69, 9.17) is 0 Å². The molecule has 1 aliphatic carbocycles. The van der Waals surface area contributed by atoms with Crippen molar-refractivity contribution in [1.82, 2.24) is 5.32 Å². The minimum absolute atomic E-state index is 0.772. The molecule has 0 saturated heterocycles. The van der Waals surface area contributed by atoms with Crippen molar-refractivity contribution in [2.75, 3.05) is 6.54 Å². The lowest BCUT2D eigenvalue weighted by Gasteiger charge is -2.34. The lowest BCUT2D eigenvalue weighted by molar-refractivity contribution is 0.208. The molecule has 1 N–H and O–H groups in total. The second-order valence-electron chi connectivity index (χ2n) is 7.17. The van der Waals surface area contributed by atoms with Crippen LogP contribution in [0, 0.1) is 29.6 Å². The van der Waals surface area contributed by atoms with Gasteiger partial charge in [-0.1, -0.05) is 41.5 Å². The standard InChI is InChI=1S/C16H33N/c1-11(2)16(12(3)4)10-17-15-8-13(5)7-14(6)9-15/h11-17H,7-10H2,1-6H3. The zero-order valence-corrected chi connectivity index (χ0v) is 12.8. The Balaban J connectivity index is 2.38. The van der Waals surface area contributed by atoms with Crippen LogP contribution in [0.5, 0.6) is 0 Å². The molecule has 0 aromatic rings. The Hall–Kier alpha value is -0.0400. The highest BCUT2D eigenvalue weighted by Gasteiger charge is 2.25. The van der Waals surface area contributed by atoms with Crippen LogP contribution in [0.1, 0.15) is 60.8 Å². The van der Waals surface area contributed by atoms with Crippen molar-refractivity contribution < 1.29 is 0 Å². The fraction of sp³-hybridized carbons (Fsp3) is 1.00. The van der Waals surface area contributed by atoms with E-state index in [9.17, 15) is 0 Å². The van der Waals surface area contributed by atoms with Crippen molar-refractivity contribution in [3.05, 3.63) is 0 Å². The number of nitrogens with one attached hydrogen (secondary N) is 1. The van der Waals surface area contributed by atoms with Crippen LogP contribution in [-0.2, 0) is 0 Å². The van der Waals surface area contributed by atoms with Gasteiger partial charge in [0.2, 0.25) is 0 Å². The molecule has 2 atom stereocenters. The summed E-state index contributed by atoms with van der Waals surface area (Å²) < 4.78 is 0. The summed E-state index contributed by atoms with van der Waals surface area (Å²) in [6, 6.07) is 0.772. The maximum absolute atomic E-state index is 3.85. The smallest absolute Gasteiger partial charge is 0.00722 e. The second-order valence-corrected chi connectivity index (χ2v) is 7.17. The zero-order chi connectivity index (χ0) is 13.0. The van der Waals surface area contributed by atoms with E-state index in [1.165, 1.54) is 25.8 Å². The fourth-order valence-electron chi connectivity index (χ4n) is 3.66. The Bertz CT molecular complexity index is 192. The van der Waals surface area contributed by atoms with Gasteiger partial charge in [0.15, 0.2) is 0 Å². The lowest BCUT2D eigenvalue weighted by Crippen LogP contribution is -2.40. The van der Waals surface area contributed by atoms with Crippen molar-refractivity contribution >= 4 is 0 Å². The summed E-state index contributed by atoms with van der Waals surface area (Å²) in [6.07, 6.45) is 4.19. The largest absolute Gasteiger partial charge is 0.314 e. The van der Waals surface area contributed by atoms with E-state index in [0.717, 1.165) is 35.6 Å². The topological polar surface area (TPSA) is 12.0 Å². The first-order valence-electron chi connectivity index (χ1n) is 7.63. The van der Waals surface area contributed by atoms with Crippen LogP contribution in [-0.4, -0.2) is 12.6 Å². The molecule has 0 radical (unpaired) electrons. The minimum Gasteiger partial charge on any atom is -0.314 e. The molecule has 1 rings (SSSR count). The summed E-state index contributed by atoms with van der Waals surface area (Å²) in [7, 11) is 0. The Morgan fingerprint density at radius 3 is 1.76 bits per heavy atom. The van der Waals surface area contributed by atoms with E-state index >= 15 is 0 Å². The summed E-state index contributed by atoms with van der Waals surface area (Å²) in [6.45, 7) is 15.5. The van der Waals surface area contributed by atoms with E-state index in [-0.39, 0.29) is 0 Å². The number of hydrogen-bond donors (Lipinski definition) is 1. The van der Waals surface area contributed by atoms with Crippen LogP contribution in [0.4, 0.5) is 0 Å². The van der Waals surface area contributed by atoms with Gasteiger partial charge in [0, 0.05) is 6.04 Å². The summed E-state index contributed by atoms with van der Waals surface area (Å²) in [5, 5.41) is 3.85. The number of rotatable bonds is 5. The molecule has 1 saturated carbocycles. The zero-order valence-electron chi connectivity index (χ0n) is 12.8. The van der Waals surface area contributed by atoms with E-state index in [1.807, 2.05) is 0 Å². The van der Waals surface area contributed by atoms with Gasteiger partial charge in [0.1, 0.15) is 0 Å². The summed E-state index contributed by atoms with van der Waals surface area (Å²) in [5.41, 5.74) is 0. The molecule has 0 spiro atoms. The van der Waals surface area contributed by atoms with Gasteiger partial charge in [0.05, 0.1) is 0 Å². The average Bonchev–Trinajstić information content (AvgIpc) is 2.14. The Morgan fingerprint density at radius 1 is 0.882 bits per heavy atom.